The van der Waals surface area contributed by atoms with Gasteiger partial charge in [-0.25, -0.2) is 4.79 Å². The summed E-state index contributed by atoms with van der Waals surface area (Å²) in [4.78, 5) is 18.9. The van der Waals surface area contributed by atoms with E-state index in [4.69, 9.17) is 0 Å². The average Bonchev–Trinajstić information content (AvgIpc) is 2.70. The fraction of sp³-hybridized carbons (Fsp3) is 0. The van der Waals surface area contributed by atoms with Gasteiger partial charge < -0.3 is 4.72 Å². The van der Waals surface area contributed by atoms with Crippen molar-refractivity contribution in [2.45, 2.75) is 0 Å². The highest BCUT2D eigenvalue weighted by Crippen LogP contribution is 2.15. The summed E-state index contributed by atoms with van der Waals surface area (Å²) in [7, 11) is 0. The fourth-order valence-corrected chi connectivity index (χ4v) is 2.16. The van der Waals surface area contributed by atoms with Crippen LogP contribution in [-0.4, -0.2) is 6.03 Å². The third-order valence-corrected chi connectivity index (χ3v) is 2.94. The number of hydrogen-bond donors (Lipinski definition) is 1. The van der Waals surface area contributed by atoms with Gasteiger partial charge in [-0.2, -0.15) is 9.98 Å². The van der Waals surface area contributed by atoms with E-state index < -0.39 is 6.03 Å². The van der Waals surface area contributed by atoms with Gasteiger partial charge in [0.2, 0.25) is 0 Å². The molecule has 0 spiro atoms. The van der Waals surface area contributed by atoms with Gasteiger partial charge in [-0.3, -0.25) is 0 Å². The van der Waals surface area contributed by atoms with Crippen LogP contribution in [0.15, 0.2) is 45.7 Å². The smallest absolute Gasteiger partial charge is 0.325 e. The number of carbonyl (C=O) groups is 1. The average molecular weight is 229 g/mol. The molecule has 0 saturated carbocycles. The second-order valence-corrected chi connectivity index (χ2v) is 4.02. The maximum atomic E-state index is 11.1. The minimum absolute atomic E-state index is 0.429. The van der Waals surface area contributed by atoms with E-state index in [2.05, 4.69) is 14.7 Å². The van der Waals surface area contributed by atoms with Crippen LogP contribution < -0.4 is 15.4 Å². The van der Waals surface area contributed by atoms with Crippen molar-refractivity contribution in [3.63, 3.8) is 0 Å². The summed E-state index contributed by atoms with van der Waals surface area (Å²) in [5.74, 6) is 0. The Balaban J connectivity index is 2.25. The van der Waals surface area contributed by atoms with Crippen LogP contribution in [-0.2, 0) is 0 Å². The Kier molecular flexibility index (Phi) is 2.11. The molecule has 1 aromatic carbocycles. The Bertz CT molecular complexity index is 646. The number of carbonyl (C=O) groups excluding carboxylic acids is 1. The van der Waals surface area contributed by atoms with Gasteiger partial charge >= 0.3 is 6.03 Å². The van der Waals surface area contributed by atoms with Gasteiger partial charge in [0.1, 0.15) is 5.36 Å². The molecular weight excluding hydrogens is 222 g/mol. The van der Waals surface area contributed by atoms with Gasteiger partial charge in [-0.1, -0.05) is 18.2 Å². The second kappa shape index (κ2) is 3.61. The third kappa shape index (κ3) is 1.45. The molecule has 0 aliphatic carbocycles. The Hall–Kier alpha value is -1.88. The topological polar surface area (TPSA) is 53.8 Å². The molecule has 0 fully saturated rings. The molecule has 2 aliphatic rings. The van der Waals surface area contributed by atoms with E-state index in [1.54, 1.807) is 6.07 Å². The molecule has 78 valence electrons. The molecule has 1 aromatic rings. The van der Waals surface area contributed by atoms with E-state index in [0.717, 1.165) is 11.3 Å². The van der Waals surface area contributed by atoms with Gasteiger partial charge in [0.05, 0.1) is 11.1 Å². The van der Waals surface area contributed by atoms with Crippen molar-refractivity contribution < 1.29 is 4.79 Å². The quantitative estimate of drug-likeness (QED) is 0.735. The first-order chi connectivity index (χ1) is 7.84. The van der Waals surface area contributed by atoms with Gasteiger partial charge in [0.25, 0.3) is 0 Å². The zero-order chi connectivity index (χ0) is 11.0. The number of benzene rings is 1. The summed E-state index contributed by atoms with van der Waals surface area (Å²) < 4.78 is 3.16. The molecule has 3 rings (SSSR count). The summed E-state index contributed by atoms with van der Waals surface area (Å²) in [6, 6.07) is 5.16. The number of para-hydroxylation sites is 1. The number of hydrogen-bond acceptors (Lipinski definition) is 3. The molecule has 0 atom stereocenters. The summed E-state index contributed by atoms with van der Waals surface area (Å²) in [5.41, 5.74) is 1.85. The van der Waals surface area contributed by atoms with Crippen LogP contribution >= 0.6 is 11.9 Å². The first kappa shape index (κ1) is 9.35. The lowest BCUT2D eigenvalue weighted by atomic mass is 10.1. The lowest BCUT2D eigenvalue weighted by molar-refractivity contribution is 0.256. The highest BCUT2D eigenvalue weighted by Gasteiger charge is 2.12. The van der Waals surface area contributed by atoms with Crippen molar-refractivity contribution in [1.82, 2.24) is 4.72 Å². The molecule has 2 aliphatic heterocycles. The van der Waals surface area contributed by atoms with Crippen molar-refractivity contribution in [2.24, 2.45) is 9.98 Å². The SMILES string of the molecule is O=C1N=c2cccc(C3=CC=CSN3)c2=N1. The molecule has 0 aromatic heterocycles. The standard InChI is InChI=1S/C11H7N3OS/c15-11-12-9-4-1-3-7(10(9)13-11)8-5-2-6-16-14-8/h1-6,14H. The van der Waals surface area contributed by atoms with Crippen LogP contribution in [0.25, 0.3) is 5.70 Å². The molecular formula is C11H7N3OS. The van der Waals surface area contributed by atoms with E-state index in [1.807, 2.05) is 29.7 Å². The normalized spacial score (nSPS) is 17.0. The van der Waals surface area contributed by atoms with E-state index in [-0.39, 0.29) is 0 Å². The third-order valence-electron chi connectivity index (χ3n) is 2.31. The van der Waals surface area contributed by atoms with Crippen LogP contribution in [0.2, 0.25) is 0 Å². The number of fused-ring (bicyclic) bond motifs is 1. The minimum Gasteiger partial charge on any atom is -0.325 e. The number of amides is 2. The highest BCUT2D eigenvalue weighted by molar-refractivity contribution is 8.00. The summed E-state index contributed by atoms with van der Waals surface area (Å²) in [6.45, 7) is 0. The largest absolute Gasteiger partial charge is 0.368 e. The number of allylic oxidation sites excluding steroid dienone is 2. The van der Waals surface area contributed by atoms with Crippen LogP contribution in [0.1, 0.15) is 5.56 Å². The number of rotatable bonds is 1. The minimum atomic E-state index is -0.429. The predicted molar refractivity (Wildman–Crippen MR) is 62.0 cm³/mol. The molecule has 0 radical (unpaired) electrons. The highest BCUT2D eigenvalue weighted by atomic mass is 32.2. The molecule has 4 nitrogen and oxygen atoms in total. The molecule has 2 heterocycles. The predicted octanol–water partition coefficient (Wildman–Crippen LogP) is 1.17. The zero-order valence-corrected chi connectivity index (χ0v) is 8.99. The van der Waals surface area contributed by atoms with Gasteiger partial charge in [-0.05, 0) is 29.5 Å². The first-order valence-corrected chi connectivity index (χ1v) is 5.62. The maximum Gasteiger partial charge on any atom is 0.368 e. The van der Waals surface area contributed by atoms with E-state index in [0.29, 0.717) is 10.7 Å². The van der Waals surface area contributed by atoms with Crippen molar-refractivity contribution in [3.8, 4) is 0 Å². The molecule has 2 amide bonds. The van der Waals surface area contributed by atoms with E-state index in [9.17, 15) is 4.79 Å². The van der Waals surface area contributed by atoms with Crippen LogP contribution in [0.3, 0.4) is 0 Å². The van der Waals surface area contributed by atoms with E-state index >= 15 is 0 Å². The van der Waals surface area contributed by atoms with Crippen LogP contribution in [0, 0.1) is 0 Å². The monoisotopic (exact) mass is 229 g/mol. The molecule has 0 saturated heterocycles. The Labute approximate surface area is 95.6 Å². The lowest BCUT2D eigenvalue weighted by Gasteiger charge is -2.10. The van der Waals surface area contributed by atoms with Crippen LogP contribution in [0.5, 0.6) is 0 Å². The first-order valence-electron chi connectivity index (χ1n) is 4.74. The molecule has 0 unspecified atom stereocenters. The van der Waals surface area contributed by atoms with Gasteiger partial charge in [0.15, 0.2) is 0 Å². The molecule has 1 N–H and O–H groups in total. The van der Waals surface area contributed by atoms with Crippen molar-refractivity contribution >= 4 is 23.7 Å². The van der Waals surface area contributed by atoms with E-state index in [1.165, 1.54) is 11.9 Å². The maximum absolute atomic E-state index is 11.1. The molecule has 0 bridgehead atoms. The van der Waals surface area contributed by atoms with Crippen molar-refractivity contribution in [3.05, 3.63) is 52.0 Å². The Morgan fingerprint density at radius 1 is 1.25 bits per heavy atom. The van der Waals surface area contributed by atoms with Crippen molar-refractivity contribution in [2.75, 3.05) is 0 Å². The molecule has 5 heteroatoms. The second-order valence-electron chi connectivity index (χ2n) is 3.31. The fourth-order valence-electron chi connectivity index (χ4n) is 1.63. The Morgan fingerprint density at radius 2 is 2.19 bits per heavy atom. The Morgan fingerprint density at radius 3 is 3.00 bits per heavy atom. The number of urea groups is 1. The number of nitrogens with zero attached hydrogens (tertiary/aromatic N) is 2. The van der Waals surface area contributed by atoms with Crippen molar-refractivity contribution in [1.29, 1.82) is 0 Å². The molecule has 16 heavy (non-hydrogen) atoms. The summed E-state index contributed by atoms with van der Waals surface area (Å²) in [6.07, 6.45) is 3.90. The summed E-state index contributed by atoms with van der Waals surface area (Å²) >= 11 is 1.49. The number of nitrogens with one attached hydrogen (secondary N) is 1. The zero-order valence-electron chi connectivity index (χ0n) is 8.18. The van der Waals surface area contributed by atoms with Crippen LogP contribution in [0.4, 0.5) is 4.79 Å². The van der Waals surface area contributed by atoms with Gasteiger partial charge in [-0.15, -0.1) is 0 Å². The van der Waals surface area contributed by atoms with Gasteiger partial charge in [0, 0.05) is 5.56 Å². The summed E-state index contributed by atoms with van der Waals surface area (Å²) in [5, 5.41) is 3.24. The lowest BCUT2D eigenvalue weighted by Crippen LogP contribution is -2.27.